The number of piperidine rings is 1. The minimum Gasteiger partial charge on any atom is -0.382 e. The molecule has 2 aliphatic heterocycles. The Morgan fingerprint density at radius 1 is 1.28 bits per heavy atom. The summed E-state index contributed by atoms with van der Waals surface area (Å²) in [4.78, 5) is 17.0. The molecule has 0 amide bonds. The van der Waals surface area contributed by atoms with E-state index in [1.165, 1.54) is 0 Å². The van der Waals surface area contributed by atoms with Gasteiger partial charge >= 0.3 is 0 Å². The van der Waals surface area contributed by atoms with Crippen LogP contribution in [0.2, 0.25) is 5.02 Å². The summed E-state index contributed by atoms with van der Waals surface area (Å²) < 4.78 is 5.68. The number of hydrogen-bond donors (Lipinski definition) is 2. The highest BCUT2D eigenvalue weighted by molar-refractivity contribution is 6.33. The molecule has 2 fully saturated rings. The number of Topliss-reactive ketones (excluding diaryl/α,β-unsaturated/α-hetero) is 1. The van der Waals surface area contributed by atoms with Gasteiger partial charge in [-0.1, -0.05) is 23.7 Å². The van der Waals surface area contributed by atoms with Crippen molar-refractivity contribution in [2.75, 3.05) is 31.6 Å². The van der Waals surface area contributed by atoms with E-state index in [4.69, 9.17) is 16.3 Å². The first-order valence-corrected chi connectivity index (χ1v) is 10.9. The number of pyridine rings is 1. The minimum absolute atomic E-state index is 0.0926. The summed E-state index contributed by atoms with van der Waals surface area (Å²) in [6, 6.07) is 10.1. The van der Waals surface area contributed by atoms with Gasteiger partial charge in [0.25, 0.3) is 0 Å². The number of rotatable bonds is 7. The van der Waals surface area contributed by atoms with Gasteiger partial charge in [0.15, 0.2) is 0 Å². The van der Waals surface area contributed by atoms with E-state index in [0.717, 1.165) is 74.4 Å². The van der Waals surface area contributed by atoms with Crippen LogP contribution < -0.4 is 10.6 Å². The summed E-state index contributed by atoms with van der Waals surface area (Å²) in [5, 5.41) is 7.36. The average Bonchev–Trinajstić information content (AvgIpc) is 3.28. The lowest BCUT2D eigenvalue weighted by atomic mass is 9.92. The SMILES string of the molecule is O=C(Cc1cc(-c2cccc(NCC3CCCO3)c2)c(Cl)cn1)[C@@H]1CCCNC1. The molecule has 6 heteroatoms. The van der Waals surface area contributed by atoms with E-state index < -0.39 is 0 Å². The standard InChI is InChI=1S/C23H28ClN3O2/c24-22-15-27-19(12-23(28)17-5-2-8-25-13-17)11-21(22)16-4-1-6-18(10-16)26-14-20-7-3-9-29-20/h1,4,6,10-11,15,17,20,25-26H,2-3,5,7-9,12-14H2/t17-,20?/m1/s1. The van der Waals surface area contributed by atoms with Crippen LogP contribution in [0, 0.1) is 5.92 Å². The molecule has 2 aliphatic rings. The Morgan fingerprint density at radius 3 is 3.00 bits per heavy atom. The lowest BCUT2D eigenvalue weighted by molar-refractivity contribution is -0.122. The molecule has 4 rings (SSSR count). The monoisotopic (exact) mass is 413 g/mol. The molecular weight excluding hydrogens is 386 g/mol. The molecule has 2 N–H and O–H groups in total. The van der Waals surface area contributed by atoms with Crippen LogP contribution in [0.15, 0.2) is 36.5 Å². The highest BCUT2D eigenvalue weighted by atomic mass is 35.5. The number of carbonyl (C=O) groups is 1. The Kier molecular flexibility index (Phi) is 6.80. The van der Waals surface area contributed by atoms with Gasteiger partial charge in [-0.15, -0.1) is 0 Å². The zero-order valence-electron chi connectivity index (χ0n) is 16.6. The normalized spacial score (nSPS) is 21.8. The summed E-state index contributed by atoms with van der Waals surface area (Å²) in [6.45, 7) is 3.45. The van der Waals surface area contributed by atoms with Crippen LogP contribution >= 0.6 is 11.6 Å². The molecule has 3 heterocycles. The average molecular weight is 414 g/mol. The maximum absolute atomic E-state index is 12.6. The largest absolute Gasteiger partial charge is 0.382 e. The van der Waals surface area contributed by atoms with Crippen LogP contribution in [-0.4, -0.2) is 43.1 Å². The number of carbonyl (C=O) groups excluding carboxylic acids is 1. The van der Waals surface area contributed by atoms with Crippen LogP contribution in [0.25, 0.3) is 11.1 Å². The van der Waals surface area contributed by atoms with Crippen LogP contribution in [0.1, 0.15) is 31.4 Å². The van der Waals surface area contributed by atoms with Crippen LogP contribution in [0.3, 0.4) is 0 Å². The highest BCUT2D eigenvalue weighted by Gasteiger charge is 2.21. The lowest BCUT2D eigenvalue weighted by Crippen LogP contribution is -2.35. The Bertz CT molecular complexity index is 846. The van der Waals surface area contributed by atoms with E-state index in [1.54, 1.807) is 6.20 Å². The van der Waals surface area contributed by atoms with Crippen molar-refractivity contribution in [3.05, 3.63) is 47.2 Å². The predicted molar refractivity (Wildman–Crippen MR) is 116 cm³/mol. The molecular formula is C23H28ClN3O2. The van der Waals surface area contributed by atoms with Crippen molar-refractivity contribution >= 4 is 23.1 Å². The molecule has 29 heavy (non-hydrogen) atoms. The summed E-state index contributed by atoms with van der Waals surface area (Å²) in [6.07, 6.45) is 6.56. The lowest BCUT2D eigenvalue weighted by Gasteiger charge is -2.21. The van der Waals surface area contributed by atoms with Crippen LogP contribution in [0.5, 0.6) is 0 Å². The number of benzene rings is 1. The van der Waals surface area contributed by atoms with Gasteiger partial charge in [0.2, 0.25) is 0 Å². The van der Waals surface area contributed by atoms with Gasteiger partial charge in [-0.25, -0.2) is 0 Å². The fraction of sp³-hybridized carbons (Fsp3) is 0.478. The van der Waals surface area contributed by atoms with E-state index in [0.29, 0.717) is 11.4 Å². The third-order valence-electron chi connectivity index (χ3n) is 5.75. The van der Waals surface area contributed by atoms with E-state index in [1.807, 2.05) is 24.3 Å². The van der Waals surface area contributed by atoms with Gasteiger partial charge in [-0.05, 0) is 56.0 Å². The van der Waals surface area contributed by atoms with Crippen molar-refractivity contribution < 1.29 is 9.53 Å². The van der Waals surface area contributed by atoms with E-state index in [9.17, 15) is 4.79 Å². The molecule has 0 bridgehead atoms. The third-order valence-corrected chi connectivity index (χ3v) is 6.05. The fourth-order valence-corrected chi connectivity index (χ4v) is 4.30. The Labute approximate surface area is 177 Å². The molecule has 0 aliphatic carbocycles. The number of hydrogen-bond acceptors (Lipinski definition) is 5. The molecule has 0 saturated carbocycles. The summed E-state index contributed by atoms with van der Waals surface area (Å²) in [5.74, 6) is 0.347. The second-order valence-corrected chi connectivity index (χ2v) is 8.35. The predicted octanol–water partition coefficient (Wildman–Crippen LogP) is 4.10. The van der Waals surface area contributed by atoms with E-state index in [-0.39, 0.29) is 17.8 Å². The molecule has 5 nitrogen and oxygen atoms in total. The Hall–Kier alpha value is -1.95. The number of halogens is 1. The number of aromatic nitrogens is 1. The van der Waals surface area contributed by atoms with E-state index in [2.05, 4.69) is 21.7 Å². The molecule has 2 saturated heterocycles. The zero-order valence-corrected chi connectivity index (χ0v) is 17.4. The van der Waals surface area contributed by atoms with Gasteiger partial charge in [0.1, 0.15) is 5.78 Å². The summed E-state index contributed by atoms with van der Waals surface area (Å²) >= 11 is 6.45. The molecule has 2 aromatic rings. The molecule has 1 aromatic heterocycles. The third kappa shape index (κ3) is 5.35. The van der Waals surface area contributed by atoms with Crippen LogP contribution in [-0.2, 0) is 16.0 Å². The smallest absolute Gasteiger partial charge is 0.143 e. The molecule has 0 spiro atoms. The number of ether oxygens (including phenoxy) is 1. The fourth-order valence-electron chi connectivity index (χ4n) is 4.08. The van der Waals surface area contributed by atoms with E-state index >= 15 is 0 Å². The second kappa shape index (κ2) is 9.70. The van der Waals surface area contributed by atoms with Gasteiger partial charge in [-0.2, -0.15) is 0 Å². The van der Waals surface area contributed by atoms with Gasteiger partial charge in [0.05, 0.1) is 11.1 Å². The number of anilines is 1. The zero-order chi connectivity index (χ0) is 20.1. The number of nitrogens with one attached hydrogen (secondary N) is 2. The molecule has 1 unspecified atom stereocenters. The van der Waals surface area contributed by atoms with Crippen molar-refractivity contribution in [1.29, 1.82) is 0 Å². The quantitative estimate of drug-likeness (QED) is 0.715. The van der Waals surface area contributed by atoms with Crippen molar-refractivity contribution in [3.8, 4) is 11.1 Å². The van der Waals surface area contributed by atoms with Gasteiger partial charge < -0.3 is 15.4 Å². The topological polar surface area (TPSA) is 63.2 Å². The highest BCUT2D eigenvalue weighted by Crippen LogP contribution is 2.30. The Morgan fingerprint density at radius 2 is 2.21 bits per heavy atom. The van der Waals surface area contributed by atoms with Crippen molar-refractivity contribution in [3.63, 3.8) is 0 Å². The maximum Gasteiger partial charge on any atom is 0.143 e. The first kappa shape index (κ1) is 20.3. The Balaban J connectivity index is 1.46. The van der Waals surface area contributed by atoms with Crippen molar-refractivity contribution in [1.82, 2.24) is 10.3 Å². The van der Waals surface area contributed by atoms with Crippen LogP contribution in [0.4, 0.5) is 5.69 Å². The molecule has 2 atom stereocenters. The summed E-state index contributed by atoms with van der Waals surface area (Å²) in [7, 11) is 0. The summed E-state index contributed by atoms with van der Waals surface area (Å²) in [5.41, 5.74) is 3.74. The molecule has 154 valence electrons. The van der Waals surface area contributed by atoms with Crippen molar-refractivity contribution in [2.45, 2.75) is 38.2 Å². The minimum atomic E-state index is 0.0926. The van der Waals surface area contributed by atoms with Gasteiger partial charge in [0, 0.05) is 55.2 Å². The molecule has 1 aromatic carbocycles. The second-order valence-electron chi connectivity index (χ2n) is 7.94. The first-order valence-electron chi connectivity index (χ1n) is 10.5. The molecule has 0 radical (unpaired) electrons. The maximum atomic E-state index is 12.6. The van der Waals surface area contributed by atoms with Gasteiger partial charge in [-0.3, -0.25) is 9.78 Å². The van der Waals surface area contributed by atoms with Crippen molar-refractivity contribution in [2.24, 2.45) is 5.92 Å². The first-order chi connectivity index (χ1) is 14.2. The number of nitrogens with zero attached hydrogens (tertiary/aromatic N) is 1. The number of ketones is 1.